The summed E-state index contributed by atoms with van der Waals surface area (Å²) in [6.07, 6.45) is 6.40. The van der Waals surface area contributed by atoms with Crippen LogP contribution in [0.4, 0.5) is 0 Å². The molecule has 136 valence electrons. The molecule has 0 aliphatic carbocycles. The second-order valence-electron chi connectivity index (χ2n) is 7.18. The van der Waals surface area contributed by atoms with E-state index in [0.29, 0.717) is 50.6 Å². The molecule has 7 heteroatoms. The average Bonchev–Trinajstić information content (AvgIpc) is 3.23. The lowest BCUT2D eigenvalue weighted by atomic mass is 9.91. The number of hydrogen-bond donors (Lipinski definition) is 1. The van der Waals surface area contributed by atoms with Crippen molar-refractivity contribution in [1.29, 1.82) is 0 Å². The molecule has 0 atom stereocenters. The molecule has 0 unspecified atom stereocenters. The number of likely N-dealkylation sites (tertiary alicyclic amines) is 1. The summed E-state index contributed by atoms with van der Waals surface area (Å²) in [7, 11) is 0. The van der Waals surface area contributed by atoms with Crippen molar-refractivity contribution in [1.82, 2.24) is 24.2 Å². The molecule has 0 bridgehead atoms. The van der Waals surface area contributed by atoms with Crippen molar-refractivity contribution in [3.8, 4) is 0 Å². The first-order valence-corrected chi connectivity index (χ1v) is 8.97. The fraction of sp³-hybridized carbons (Fsp3) is 0.611. The molecular weight excluding hydrogens is 318 g/mol. The third-order valence-corrected chi connectivity index (χ3v) is 4.93. The van der Waals surface area contributed by atoms with Gasteiger partial charge in [0.05, 0.1) is 24.2 Å². The van der Waals surface area contributed by atoms with E-state index < -0.39 is 5.60 Å². The van der Waals surface area contributed by atoms with Gasteiger partial charge >= 0.3 is 0 Å². The van der Waals surface area contributed by atoms with E-state index in [2.05, 4.69) is 23.9 Å². The van der Waals surface area contributed by atoms with E-state index in [-0.39, 0.29) is 5.91 Å². The highest BCUT2D eigenvalue weighted by molar-refractivity contribution is 5.92. The summed E-state index contributed by atoms with van der Waals surface area (Å²) in [4.78, 5) is 18.8. The van der Waals surface area contributed by atoms with Crippen molar-refractivity contribution >= 4 is 5.91 Å². The van der Waals surface area contributed by atoms with Crippen LogP contribution in [0, 0.1) is 0 Å². The van der Waals surface area contributed by atoms with Gasteiger partial charge in [-0.3, -0.25) is 9.48 Å². The van der Waals surface area contributed by atoms with Crippen LogP contribution in [-0.2, 0) is 13.1 Å². The molecule has 1 fully saturated rings. The molecule has 2 aromatic heterocycles. The van der Waals surface area contributed by atoms with Crippen molar-refractivity contribution in [3.63, 3.8) is 0 Å². The van der Waals surface area contributed by atoms with E-state index in [4.69, 9.17) is 0 Å². The number of carbonyl (C=O) groups excluding carboxylic acids is 1. The second-order valence-corrected chi connectivity index (χ2v) is 7.18. The van der Waals surface area contributed by atoms with E-state index in [0.717, 1.165) is 5.69 Å². The molecular formula is C18H27N5O2. The lowest BCUT2D eigenvalue weighted by molar-refractivity contribution is -0.0294. The van der Waals surface area contributed by atoms with Gasteiger partial charge in [0.15, 0.2) is 0 Å². The molecule has 1 amide bonds. The number of aromatic nitrogens is 4. The minimum Gasteiger partial charge on any atom is -0.388 e. The van der Waals surface area contributed by atoms with Gasteiger partial charge in [0.1, 0.15) is 5.69 Å². The minimum absolute atomic E-state index is 0.00549. The number of imidazole rings is 1. The highest BCUT2D eigenvalue weighted by atomic mass is 16.3. The molecule has 3 heterocycles. The smallest absolute Gasteiger partial charge is 0.272 e. The van der Waals surface area contributed by atoms with Crippen LogP contribution in [0.15, 0.2) is 24.8 Å². The van der Waals surface area contributed by atoms with Crippen LogP contribution >= 0.6 is 0 Å². The maximum Gasteiger partial charge on any atom is 0.272 e. The standard InChI is InChI=1S/C18H27N5O2/c1-4-23-16(11-15(20-23)14(2)3)17(24)22-8-5-18(25,6-9-22)12-21-10-7-19-13-21/h7,10-11,13-14,25H,4-6,8-9,12H2,1-3H3. The third kappa shape index (κ3) is 3.76. The maximum absolute atomic E-state index is 12.9. The Morgan fingerprint density at radius 1 is 1.36 bits per heavy atom. The molecule has 1 aliphatic heterocycles. The van der Waals surface area contributed by atoms with Gasteiger partial charge in [0, 0.05) is 32.0 Å². The van der Waals surface area contributed by atoms with Gasteiger partial charge < -0.3 is 14.6 Å². The molecule has 1 saturated heterocycles. The summed E-state index contributed by atoms with van der Waals surface area (Å²) in [5.74, 6) is 0.298. The van der Waals surface area contributed by atoms with Crippen molar-refractivity contribution < 1.29 is 9.90 Å². The van der Waals surface area contributed by atoms with Crippen molar-refractivity contribution in [2.75, 3.05) is 13.1 Å². The summed E-state index contributed by atoms with van der Waals surface area (Å²) in [5.41, 5.74) is 0.802. The fourth-order valence-corrected chi connectivity index (χ4v) is 3.30. The predicted octanol–water partition coefficient (Wildman–Crippen LogP) is 1.89. The minimum atomic E-state index is -0.786. The highest BCUT2D eigenvalue weighted by Crippen LogP contribution is 2.26. The number of amides is 1. The molecule has 25 heavy (non-hydrogen) atoms. The molecule has 0 saturated carbocycles. The number of aryl methyl sites for hydroxylation is 1. The maximum atomic E-state index is 12.9. The Kier molecular flexibility index (Phi) is 4.94. The molecule has 0 spiro atoms. The van der Waals surface area contributed by atoms with Crippen LogP contribution in [0.2, 0.25) is 0 Å². The number of carbonyl (C=O) groups is 1. The Bertz CT molecular complexity index is 712. The molecule has 2 aromatic rings. The van der Waals surface area contributed by atoms with Gasteiger partial charge in [-0.25, -0.2) is 4.98 Å². The average molecular weight is 345 g/mol. The molecule has 1 N–H and O–H groups in total. The lowest BCUT2D eigenvalue weighted by Gasteiger charge is -2.38. The summed E-state index contributed by atoms with van der Waals surface area (Å²) in [6.45, 7) is 8.44. The van der Waals surface area contributed by atoms with Crippen LogP contribution in [0.1, 0.15) is 55.7 Å². The van der Waals surface area contributed by atoms with E-state index in [1.54, 1.807) is 17.2 Å². The Morgan fingerprint density at radius 3 is 2.64 bits per heavy atom. The summed E-state index contributed by atoms with van der Waals surface area (Å²) < 4.78 is 3.67. The van der Waals surface area contributed by atoms with Crippen LogP contribution in [0.25, 0.3) is 0 Å². The largest absolute Gasteiger partial charge is 0.388 e. The van der Waals surface area contributed by atoms with E-state index in [1.807, 2.05) is 28.7 Å². The van der Waals surface area contributed by atoms with E-state index in [1.165, 1.54) is 0 Å². The Labute approximate surface area is 148 Å². The first-order chi connectivity index (χ1) is 11.9. The van der Waals surface area contributed by atoms with Crippen LogP contribution in [-0.4, -0.2) is 53.9 Å². The van der Waals surface area contributed by atoms with Gasteiger partial charge in [0.2, 0.25) is 0 Å². The lowest BCUT2D eigenvalue weighted by Crippen LogP contribution is -2.48. The van der Waals surface area contributed by atoms with Gasteiger partial charge in [-0.15, -0.1) is 0 Å². The van der Waals surface area contributed by atoms with Crippen LogP contribution < -0.4 is 0 Å². The quantitative estimate of drug-likeness (QED) is 0.898. The molecule has 0 radical (unpaired) electrons. The van der Waals surface area contributed by atoms with Gasteiger partial charge in [-0.05, 0) is 31.7 Å². The first-order valence-electron chi connectivity index (χ1n) is 8.97. The van der Waals surface area contributed by atoms with E-state index in [9.17, 15) is 9.90 Å². The summed E-state index contributed by atoms with van der Waals surface area (Å²) in [5, 5.41) is 15.3. The Balaban J connectivity index is 1.67. The van der Waals surface area contributed by atoms with Gasteiger partial charge in [-0.1, -0.05) is 13.8 Å². The SMILES string of the molecule is CCn1nc(C(C)C)cc1C(=O)N1CCC(O)(Cn2ccnc2)CC1. The number of aliphatic hydroxyl groups is 1. The zero-order valence-electron chi connectivity index (χ0n) is 15.2. The van der Waals surface area contributed by atoms with Crippen molar-refractivity contribution in [2.45, 2.75) is 58.2 Å². The number of rotatable bonds is 5. The van der Waals surface area contributed by atoms with Crippen molar-refractivity contribution in [2.24, 2.45) is 0 Å². The Morgan fingerprint density at radius 2 is 2.08 bits per heavy atom. The monoisotopic (exact) mass is 345 g/mol. The van der Waals surface area contributed by atoms with Gasteiger partial charge in [0.25, 0.3) is 5.91 Å². The number of hydrogen-bond acceptors (Lipinski definition) is 4. The van der Waals surface area contributed by atoms with E-state index >= 15 is 0 Å². The van der Waals surface area contributed by atoms with Crippen LogP contribution in [0.3, 0.4) is 0 Å². The number of nitrogens with zero attached hydrogens (tertiary/aromatic N) is 5. The molecule has 3 rings (SSSR count). The van der Waals surface area contributed by atoms with Gasteiger partial charge in [-0.2, -0.15) is 5.10 Å². The zero-order valence-corrected chi connectivity index (χ0v) is 15.2. The predicted molar refractivity (Wildman–Crippen MR) is 94.3 cm³/mol. The first kappa shape index (κ1) is 17.7. The normalized spacial score (nSPS) is 17.2. The third-order valence-electron chi connectivity index (χ3n) is 4.93. The number of piperidine rings is 1. The highest BCUT2D eigenvalue weighted by Gasteiger charge is 2.35. The molecule has 0 aromatic carbocycles. The zero-order chi connectivity index (χ0) is 18.0. The van der Waals surface area contributed by atoms with Crippen molar-refractivity contribution in [3.05, 3.63) is 36.2 Å². The molecule has 1 aliphatic rings. The fourth-order valence-electron chi connectivity index (χ4n) is 3.30. The summed E-state index contributed by atoms with van der Waals surface area (Å²) in [6, 6.07) is 1.91. The summed E-state index contributed by atoms with van der Waals surface area (Å²) >= 11 is 0. The second kappa shape index (κ2) is 7.00. The van der Waals surface area contributed by atoms with Crippen LogP contribution in [0.5, 0.6) is 0 Å². The topological polar surface area (TPSA) is 76.2 Å². The molecule has 7 nitrogen and oxygen atoms in total. The Hall–Kier alpha value is -2.15.